The highest BCUT2D eigenvalue weighted by molar-refractivity contribution is 5.76. The molecule has 0 bridgehead atoms. The molecule has 0 saturated heterocycles. The molecule has 3 N–H and O–H groups in total. The van der Waals surface area contributed by atoms with Gasteiger partial charge in [0.25, 0.3) is 0 Å². The Morgan fingerprint density at radius 3 is 1.29 bits per heavy atom. The lowest BCUT2D eigenvalue weighted by atomic mass is 10.1. The molecule has 0 heterocycles. The van der Waals surface area contributed by atoms with Crippen molar-refractivity contribution in [1.29, 1.82) is 0 Å². The normalized spacial score (nSPS) is 14.2. The Labute approximate surface area is 315 Å². The van der Waals surface area contributed by atoms with E-state index in [2.05, 4.69) is 116 Å². The summed E-state index contributed by atoms with van der Waals surface area (Å²) in [4.78, 5) is 12.3. The average Bonchev–Trinajstić information content (AvgIpc) is 3.13. The lowest BCUT2D eigenvalue weighted by molar-refractivity contribution is -0.123. The van der Waals surface area contributed by atoms with Gasteiger partial charge < -0.3 is 15.5 Å². The van der Waals surface area contributed by atoms with Crippen molar-refractivity contribution in [2.24, 2.45) is 0 Å². The van der Waals surface area contributed by atoms with Crippen LogP contribution in [0.25, 0.3) is 0 Å². The van der Waals surface area contributed by atoms with Crippen LogP contribution in [0.1, 0.15) is 162 Å². The number of allylic oxidation sites excluding steroid dienone is 17. The van der Waals surface area contributed by atoms with Crippen molar-refractivity contribution in [3.8, 4) is 0 Å². The number of rotatable bonds is 35. The van der Waals surface area contributed by atoms with Crippen LogP contribution in [0.4, 0.5) is 0 Å². The fraction of sp³-hybridized carbons (Fsp3) is 0.596. The van der Waals surface area contributed by atoms with Crippen LogP contribution in [0.3, 0.4) is 0 Å². The Morgan fingerprint density at radius 2 is 0.863 bits per heavy atom. The molecule has 1 amide bonds. The number of aliphatic hydroxyl groups excluding tert-OH is 2. The first kappa shape index (κ1) is 48.0. The maximum Gasteiger partial charge on any atom is 0.220 e. The number of carbonyl (C=O) groups is 1. The molecule has 4 heteroatoms. The van der Waals surface area contributed by atoms with Crippen molar-refractivity contribution in [3.05, 3.63) is 109 Å². The van der Waals surface area contributed by atoms with Crippen molar-refractivity contribution < 1.29 is 15.0 Å². The zero-order valence-corrected chi connectivity index (χ0v) is 32.8. The summed E-state index contributed by atoms with van der Waals surface area (Å²) in [5.41, 5.74) is 0. The fourth-order valence-electron chi connectivity index (χ4n) is 5.37. The second kappa shape index (κ2) is 41.5. The topological polar surface area (TPSA) is 69.6 Å². The van der Waals surface area contributed by atoms with E-state index in [1.165, 1.54) is 51.4 Å². The van der Waals surface area contributed by atoms with E-state index >= 15 is 0 Å². The fourth-order valence-corrected chi connectivity index (χ4v) is 5.37. The quantitative estimate of drug-likeness (QED) is 0.0454. The maximum absolute atomic E-state index is 12.3. The molecule has 51 heavy (non-hydrogen) atoms. The molecule has 0 aromatic heterocycles. The first-order chi connectivity index (χ1) is 25.2. The van der Waals surface area contributed by atoms with Crippen LogP contribution in [0, 0.1) is 0 Å². The molecule has 0 aliphatic carbocycles. The second-order valence-corrected chi connectivity index (χ2v) is 13.3. The highest BCUT2D eigenvalue weighted by atomic mass is 16.3. The highest BCUT2D eigenvalue weighted by Gasteiger charge is 2.17. The van der Waals surface area contributed by atoms with Crippen LogP contribution < -0.4 is 5.32 Å². The van der Waals surface area contributed by atoms with E-state index in [1.807, 2.05) is 6.08 Å². The van der Waals surface area contributed by atoms with Crippen LogP contribution in [-0.4, -0.2) is 34.9 Å². The molecule has 0 aliphatic heterocycles. The van der Waals surface area contributed by atoms with Crippen molar-refractivity contribution >= 4 is 5.91 Å². The van der Waals surface area contributed by atoms with E-state index in [1.54, 1.807) is 6.08 Å². The lowest BCUT2D eigenvalue weighted by Crippen LogP contribution is -2.45. The second-order valence-electron chi connectivity index (χ2n) is 13.3. The maximum atomic E-state index is 12.3. The van der Waals surface area contributed by atoms with Gasteiger partial charge in [0.05, 0.1) is 18.8 Å². The zero-order chi connectivity index (χ0) is 37.1. The number of hydrogen-bond acceptors (Lipinski definition) is 3. The number of amides is 1. The van der Waals surface area contributed by atoms with Crippen molar-refractivity contribution in [1.82, 2.24) is 5.32 Å². The van der Waals surface area contributed by atoms with E-state index in [0.717, 1.165) is 89.9 Å². The summed E-state index contributed by atoms with van der Waals surface area (Å²) >= 11 is 0. The molecule has 0 fully saturated rings. The zero-order valence-electron chi connectivity index (χ0n) is 32.8. The average molecular weight is 704 g/mol. The van der Waals surface area contributed by atoms with Crippen molar-refractivity contribution in [2.75, 3.05) is 6.61 Å². The third-order valence-electron chi connectivity index (χ3n) is 8.51. The van der Waals surface area contributed by atoms with E-state index in [4.69, 9.17) is 0 Å². The minimum atomic E-state index is -0.845. The van der Waals surface area contributed by atoms with Gasteiger partial charge in [0.2, 0.25) is 5.91 Å². The van der Waals surface area contributed by atoms with Gasteiger partial charge in [-0.3, -0.25) is 4.79 Å². The SMILES string of the molecule is CC/C=C\C/C=C\C/C=C\C/C=C\C/C=C\C/C=C\C/C=C\C/C=C\CCCCCCCCCCC(=O)NC(CO)C(O)/C=C/CCCCCC. The minimum absolute atomic E-state index is 0.0853. The summed E-state index contributed by atoms with van der Waals surface area (Å²) in [5, 5.41) is 22.7. The van der Waals surface area contributed by atoms with E-state index < -0.39 is 12.1 Å². The molecule has 0 spiro atoms. The molecule has 4 nitrogen and oxygen atoms in total. The summed E-state index contributed by atoms with van der Waals surface area (Å²) in [6, 6.07) is -0.630. The highest BCUT2D eigenvalue weighted by Crippen LogP contribution is 2.12. The Balaban J connectivity index is 3.62. The molecule has 288 valence electrons. The largest absolute Gasteiger partial charge is 0.394 e. The van der Waals surface area contributed by atoms with Gasteiger partial charge >= 0.3 is 0 Å². The molecular weight excluding hydrogens is 627 g/mol. The van der Waals surface area contributed by atoms with Crippen LogP contribution in [-0.2, 0) is 4.79 Å². The molecule has 0 radical (unpaired) electrons. The molecule has 0 aromatic carbocycles. The van der Waals surface area contributed by atoms with Gasteiger partial charge in [-0.1, -0.05) is 181 Å². The molecule has 0 aliphatic rings. The summed E-state index contributed by atoms with van der Waals surface area (Å²) in [6.45, 7) is 4.09. The minimum Gasteiger partial charge on any atom is -0.394 e. The molecular formula is C47H77NO3. The summed E-state index contributed by atoms with van der Waals surface area (Å²) < 4.78 is 0. The number of aliphatic hydroxyl groups is 2. The van der Waals surface area contributed by atoms with Crippen LogP contribution in [0.5, 0.6) is 0 Å². The van der Waals surface area contributed by atoms with E-state index in [9.17, 15) is 15.0 Å². The van der Waals surface area contributed by atoms with Crippen molar-refractivity contribution in [2.45, 2.75) is 174 Å². The Bertz CT molecular complexity index is 1030. The standard InChI is InChI=1S/C47H77NO3/c1-3-5-7-9-11-12-13-14-15-16-17-18-19-20-21-22-23-24-25-26-27-28-29-30-31-32-33-34-35-36-37-39-41-43-47(51)48-45(44-49)46(50)42-40-38-10-8-6-4-2/h5,7,11-12,14-15,17-18,20-21,23-24,26-27,29-30,40,42,45-46,49-50H,3-4,6,8-10,13,16,19,22,25,28,31-39,41,43-44H2,1-2H3,(H,48,51)/b7-5-,12-11-,15-14-,18-17-,21-20-,24-23-,27-26-,30-29-,42-40+. The number of nitrogens with one attached hydrogen (secondary N) is 1. The Hall–Kier alpha value is -2.95. The molecule has 2 atom stereocenters. The van der Waals surface area contributed by atoms with E-state index in [-0.39, 0.29) is 12.5 Å². The number of hydrogen-bond donors (Lipinski definition) is 3. The molecule has 2 unspecified atom stereocenters. The smallest absolute Gasteiger partial charge is 0.220 e. The van der Waals surface area contributed by atoms with Gasteiger partial charge in [0.15, 0.2) is 0 Å². The molecule has 0 aromatic rings. The molecule has 0 saturated carbocycles. The molecule has 0 rings (SSSR count). The third kappa shape index (κ3) is 38.1. The predicted molar refractivity (Wildman–Crippen MR) is 225 cm³/mol. The van der Waals surface area contributed by atoms with E-state index in [0.29, 0.717) is 6.42 Å². The predicted octanol–water partition coefficient (Wildman–Crippen LogP) is 12.8. The van der Waals surface area contributed by atoms with Crippen LogP contribution in [0.2, 0.25) is 0 Å². The summed E-state index contributed by atoms with van der Waals surface area (Å²) in [6.07, 6.45) is 63.5. The number of carbonyl (C=O) groups excluding carboxylic acids is 1. The first-order valence-corrected chi connectivity index (χ1v) is 20.6. The summed E-state index contributed by atoms with van der Waals surface area (Å²) in [5.74, 6) is -0.0853. The third-order valence-corrected chi connectivity index (χ3v) is 8.51. The van der Waals surface area contributed by atoms with Crippen LogP contribution in [0.15, 0.2) is 109 Å². The Morgan fingerprint density at radius 1 is 0.490 bits per heavy atom. The van der Waals surface area contributed by atoms with Gasteiger partial charge in [0.1, 0.15) is 0 Å². The van der Waals surface area contributed by atoms with Gasteiger partial charge in [-0.05, 0) is 83.5 Å². The van der Waals surface area contributed by atoms with Crippen molar-refractivity contribution in [3.63, 3.8) is 0 Å². The first-order valence-electron chi connectivity index (χ1n) is 20.6. The van der Waals surface area contributed by atoms with Gasteiger partial charge in [0, 0.05) is 6.42 Å². The lowest BCUT2D eigenvalue weighted by Gasteiger charge is -2.20. The monoisotopic (exact) mass is 704 g/mol. The number of unbranched alkanes of at least 4 members (excludes halogenated alkanes) is 12. The van der Waals surface area contributed by atoms with Gasteiger partial charge in [-0.2, -0.15) is 0 Å². The van der Waals surface area contributed by atoms with Crippen LogP contribution >= 0.6 is 0 Å². The summed E-state index contributed by atoms with van der Waals surface area (Å²) in [7, 11) is 0. The van der Waals surface area contributed by atoms with Gasteiger partial charge in [-0.25, -0.2) is 0 Å². The van der Waals surface area contributed by atoms with Gasteiger partial charge in [-0.15, -0.1) is 0 Å². The Kier molecular flexibility index (Phi) is 39.1.